The molecule has 132 valence electrons. The van der Waals surface area contributed by atoms with Crippen molar-refractivity contribution in [1.82, 2.24) is 5.43 Å². The predicted molar refractivity (Wildman–Crippen MR) is 102 cm³/mol. The molecule has 1 aliphatic heterocycles. The van der Waals surface area contributed by atoms with Gasteiger partial charge in [0, 0.05) is 24.8 Å². The molecule has 0 spiro atoms. The van der Waals surface area contributed by atoms with Gasteiger partial charge < -0.3 is 24.1 Å². The fraction of sp³-hybridized carbons (Fsp3) is 0.294. The van der Waals surface area contributed by atoms with E-state index in [9.17, 15) is 0 Å². The SMILES string of the molecule is COc1ccc(NC(=S)N/N=C\c2ccc(N3CCOCC3)o2)cc1. The van der Waals surface area contributed by atoms with Crippen molar-refractivity contribution in [3.63, 3.8) is 0 Å². The van der Waals surface area contributed by atoms with E-state index in [0.717, 1.165) is 43.6 Å². The number of nitrogens with zero attached hydrogens (tertiary/aromatic N) is 2. The van der Waals surface area contributed by atoms with Crippen LogP contribution in [0.4, 0.5) is 11.6 Å². The number of rotatable bonds is 5. The van der Waals surface area contributed by atoms with Crippen LogP contribution in [-0.4, -0.2) is 44.7 Å². The number of furan rings is 1. The first-order valence-corrected chi connectivity index (χ1v) is 8.32. The van der Waals surface area contributed by atoms with Gasteiger partial charge in [-0.2, -0.15) is 5.10 Å². The van der Waals surface area contributed by atoms with Crippen LogP contribution in [0.3, 0.4) is 0 Å². The van der Waals surface area contributed by atoms with Gasteiger partial charge in [-0.15, -0.1) is 0 Å². The topological polar surface area (TPSA) is 71.3 Å². The largest absolute Gasteiger partial charge is 0.497 e. The molecule has 1 fully saturated rings. The maximum atomic E-state index is 5.75. The Kier molecular flexibility index (Phi) is 5.86. The molecule has 2 aromatic rings. The molecule has 1 aromatic carbocycles. The lowest BCUT2D eigenvalue weighted by Crippen LogP contribution is -2.35. The Balaban J connectivity index is 1.48. The Morgan fingerprint density at radius 2 is 1.96 bits per heavy atom. The van der Waals surface area contributed by atoms with Gasteiger partial charge in [-0.3, -0.25) is 5.43 Å². The van der Waals surface area contributed by atoms with E-state index < -0.39 is 0 Å². The number of ether oxygens (including phenoxy) is 2. The second-order valence-electron chi connectivity index (χ2n) is 5.33. The molecule has 0 radical (unpaired) electrons. The highest BCUT2D eigenvalue weighted by Crippen LogP contribution is 2.18. The lowest BCUT2D eigenvalue weighted by Gasteiger charge is -2.26. The Hall–Kier alpha value is -2.58. The number of nitrogens with one attached hydrogen (secondary N) is 2. The maximum Gasteiger partial charge on any atom is 0.196 e. The van der Waals surface area contributed by atoms with E-state index in [1.165, 1.54) is 0 Å². The lowest BCUT2D eigenvalue weighted by atomic mass is 10.3. The van der Waals surface area contributed by atoms with E-state index in [1.54, 1.807) is 13.3 Å². The van der Waals surface area contributed by atoms with Crippen molar-refractivity contribution in [3.05, 3.63) is 42.2 Å². The van der Waals surface area contributed by atoms with Crippen LogP contribution >= 0.6 is 12.2 Å². The van der Waals surface area contributed by atoms with E-state index in [0.29, 0.717) is 10.9 Å². The Morgan fingerprint density at radius 3 is 2.68 bits per heavy atom. The van der Waals surface area contributed by atoms with Crippen LogP contribution in [-0.2, 0) is 4.74 Å². The van der Waals surface area contributed by atoms with Crippen molar-refractivity contribution < 1.29 is 13.9 Å². The molecule has 0 bridgehead atoms. The average Bonchev–Trinajstić information content (AvgIpc) is 3.12. The number of anilines is 2. The molecule has 0 atom stereocenters. The number of thiocarbonyl (C=S) groups is 1. The first-order chi connectivity index (χ1) is 12.2. The smallest absolute Gasteiger partial charge is 0.196 e. The summed E-state index contributed by atoms with van der Waals surface area (Å²) in [5.74, 6) is 2.27. The molecule has 0 saturated carbocycles. The summed E-state index contributed by atoms with van der Waals surface area (Å²) in [7, 11) is 1.63. The van der Waals surface area contributed by atoms with Crippen molar-refractivity contribution in [3.8, 4) is 5.75 Å². The molecule has 25 heavy (non-hydrogen) atoms. The van der Waals surface area contributed by atoms with Crippen LogP contribution in [0.1, 0.15) is 5.76 Å². The molecule has 0 amide bonds. The molecule has 1 aliphatic rings. The minimum atomic E-state index is 0.390. The third kappa shape index (κ3) is 4.94. The van der Waals surface area contributed by atoms with Gasteiger partial charge >= 0.3 is 0 Å². The number of hydrogen-bond acceptors (Lipinski definition) is 6. The summed E-state index contributed by atoms with van der Waals surface area (Å²) in [6.07, 6.45) is 1.59. The van der Waals surface area contributed by atoms with Gasteiger partial charge in [0.2, 0.25) is 0 Å². The van der Waals surface area contributed by atoms with Crippen LogP contribution in [0.2, 0.25) is 0 Å². The Bertz CT molecular complexity index is 724. The summed E-state index contributed by atoms with van der Waals surface area (Å²) >= 11 is 5.20. The summed E-state index contributed by atoms with van der Waals surface area (Å²) < 4.78 is 16.2. The Morgan fingerprint density at radius 1 is 1.20 bits per heavy atom. The number of methoxy groups -OCH3 is 1. The van der Waals surface area contributed by atoms with Gasteiger partial charge in [0.15, 0.2) is 11.0 Å². The number of morpholine rings is 1. The molecule has 1 saturated heterocycles. The van der Waals surface area contributed by atoms with Crippen LogP contribution in [0, 0.1) is 0 Å². The summed E-state index contributed by atoms with van der Waals surface area (Å²) in [5, 5.41) is 7.51. The number of hydrazone groups is 1. The molecule has 1 aromatic heterocycles. The minimum Gasteiger partial charge on any atom is -0.497 e. The van der Waals surface area contributed by atoms with Crippen molar-refractivity contribution in [2.45, 2.75) is 0 Å². The van der Waals surface area contributed by atoms with Gasteiger partial charge in [0.05, 0.1) is 26.5 Å². The van der Waals surface area contributed by atoms with Gasteiger partial charge in [-0.25, -0.2) is 0 Å². The van der Waals surface area contributed by atoms with E-state index in [1.807, 2.05) is 36.4 Å². The maximum absolute atomic E-state index is 5.75. The van der Waals surface area contributed by atoms with Crippen molar-refractivity contribution >= 4 is 35.1 Å². The molecule has 0 aliphatic carbocycles. The molecular weight excluding hydrogens is 340 g/mol. The monoisotopic (exact) mass is 360 g/mol. The van der Waals surface area contributed by atoms with Gasteiger partial charge in [-0.05, 0) is 42.5 Å². The minimum absolute atomic E-state index is 0.390. The fourth-order valence-corrected chi connectivity index (χ4v) is 2.52. The predicted octanol–water partition coefficient (Wildman–Crippen LogP) is 2.45. The zero-order chi connectivity index (χ0) is 17.5. The molecule has 0 unspecified atom stereocenters. The number of benzene rings is 1. The normalized spacial score (nSPS) is 14.5. The highest BCUT2D eigenvalue weighted by atomic mass is 32.1. The first kappa shape index (κ1) is 17.2. The van der Waals surface area contributed by atoms with E-state index >= 15 is 0 Å². The summed E-state index contributed by atoms with van der Waals surface area (Å²) in [5.41, 5.74) is 3.61. The molecule has 7 nitrogen and oxygen atoms in total. The summed E-state index contributed by atoms with van der Waals surface area (Å²) in [6, 6.07) is 11.3. The quantitative estimate of drug-likeness (QED) is 0.482. The van der Waals surface area contributed by atoms with Gasteiger partial charge in [0.25, 0.3) is 0 Å². The standard InChI is InChI=1S/C17H20N4O3S/c1-22-14-4-2-13(3-5-14)19-17(25)20-18-12-15-6-7-16(24-15)21-8-10-23-11-9-21/h2-7,12H,8-11H2,1H3,(H2,19,20,25)/b18-12-. The second-order valence-corrected chi connectivity index (χ2v) is 5.74. The fourth-order valence-electron chi connectivity index (χ4n) is 2.35. The van der Waals surface area contributed by atoms with E-state index in [2.05, 4.69) is 20.7 Å². The van der Waals surface area contributed by atoms with Crippen LogP contribution < -0.4 is 20.4 Å². The van der Waals surface area contributed by atoms with Crippen LogP contribution in [0.15, 0.2) is 45.9 Å². The average molecular weight is 360 g/mol. The third-order valence-electron chi connectivity index (χ3n) is 3.64. The van der Waals surface area contributed by atoms with Crippen LogP contribution in [0.25, 0.3) is 0 Å². The Labute approximate surface area is 151 Å². The third-order valence-corrected chi connectivity index (χ3v) is 3.83. The van der Waals surface area contributed by atoms with Crippen molar-refractivity contribution in [2.24, 2.45) is 5.10 Å². The van der Waals surface area contributed by atoms with E-state index in [4.69, 9.17) is 26.1 Å². The zero-order valence-corrected chi connectivity index (χ0v) is 14.7. The summed E-state index contributed by atoms with van der Waals surface area (Å²) in [6.45, 7) is 3.10. The zero-order valence-electron chi connectivity index (χ0n) is 13.9. The molecule has 3 rings (SSSR count). The first-order valence-electron chi connectivity index (χ1n) is 7.91. The molecule has 2 N–H and O–H groups in total. The molecule has 8 heteroatoms. The van der Waals surface area contributed by atoms with Crippen LogP contribution in [0.5, 0.6) is 5.75 Å². The molecular formula is C17H20N4O3S. The van der Waals surface area contributed by atoms with E-state index in [-0.39, 0.29) is 0 Å². The highest BCUT2D eigenvalue weighted by molar-refractivity contribution is 7.80. The number of hydrogen-bond donors (Lipinski definition) is 2. The summed E-state index contributed by atoms with van der Waals surface area (Å²) in [4.78, 5) is 2.14. The lowest BCUT2D eigenvalue weighted by molar-refractivity contribution is 0.120. The van der Waals surface area contributed by atoms with Crippen molar-refractivity contribution in [1.29, 1.82) is 0 Å². The van der Waals surface area contributed by atoms with Gasteiger partial charge in [0.1, 0.15) is 11.5 Å². The second kappa shape index (κ2) is 8.50. The molecule has 2 heterocycles. The van der Waals surface area contributed by atoms with Crippen molar-refractivity contribution in [2.75, 3.05) is 43.6 Å². The highest BCUT2D eigenvalue weighted by Gasteiger charge is 2.14. The van der Waals surface area contributed by atoms with Gasteiger partial charge in [-0.1, -0.05) is 0 Å².